The Balaban J connectivity index is 2.50. The summed E-state index contributed by atoms with van der Waals surface area (Å²) in [6.45, 7) is 1.83. The molecular weight excluding hydrogens is 244 g/mol. The molecule has 1 aromatic rings. The maximum absolute atomic E-state index is 11.2. The van der Waals surface area contributed by atoms with Crippen LogP contribution in [0, 0.1) is 6.92 Å². The first-order valence-electron chi connectivity index (χ1n) is 5.11. The van der Waals surface area contributed by atoms with Crippen LogP contribution in [0.3, 0.4) is 0 Å². The van der Waals surface area contributed by atoms with Gasteiger partial charge in [0.05, 0.1) is 12.2 Å². The number of thiazole rings is 1. The van der Waals surface area contributed by atoms with Crippen molar-refractivity contribution in [2.24, 2.45) is 0 Å². The minimum Gasteiger partial charge on any atom is -0.477 e. The van der Waals surface area contributed by atoms with Crippen LogP contribution in [0.1, 0.15) is 33.2 Å². The van der Waals surface area contributed by atoms with Crippen LogP contribution in [-0.4, -0.2) is 33.7 Å². The van der Waals surface area contributed by atoms with Gasteiger partial charge >= 0.3 is 5.97 Å². The Kier molecular flexibility index (Phi) is 5.05. The van der Waals surface area contributed by atoms with Crippen molar-refractivity contribution in [2.45, 2.75) is 26.3 Å². The molecular formula is C10H14N2O4S. The Labute approximate surface area is 102 Å². The SMILES string of the molecule is Cc1nc(CNC(=O)CCCO)sc1C(=O)O. The molecule has 0 radical (unpaired) electrons. The van der Waals surface area contributed by atoms with E-state index in [0.717, 1.165) is 11.3 Å². The van der Waals surface area contributed by atoms with Crippen molar-refractivity contribution in [2.75, 3.05) is 6.61 Å². The van der Waals surface area contributed by atoms with E-state index in [9.17, 15) is 9.59 Å². The van der Waals surface area contributed by atoms with Gasteiger partial charge in [-0.15, -0.1) is 11.3 Å². The number of carbonyl (C=O) groups excluding carboxylic acids is 1. The summed E-state index contributed by atoms with van der Waals surface area (Å²) in [7, 11) is 0. The number of hydrogen-bond acceptors (Lipinski definition) is 5. The summed E-state index contributed by atoms with van der Waals surface area (Å²) in [6.07, 6.45) is 0.676. The fourth-order valence-electron chi connectivity index (χ4n) is 1.23. The van der Waals surface area contributed by atoms with Crippen molar-refractivity contribution in [1.82, 2.24) is 10.3 Å². The number of rotatable bonds is 6. The first-order valence-corrected chi connectivity index (χ1v) is 5.93. The minimum atomic E-state index is -1.00. The summed E-state index contributed by atoms with van der Waals surface area (Å²) in [4.78, 5) is 26.3. The van der Waals surface area contributed by atoms with E-state index in [2.05, 4.69) is 10.3 Å². The molecule has 0 aliphatic carbocycles. The number of hydrogen-bond donors (Lipinski definition) is 3. The number of amides is 1. The van der Waals surface area contributed by atoms with Crippen LogP contribution in [0.5, 0.6) is 0 Å². The number of nitrogens with one attached hydrogen (secondary N) is 1. The first kappa shape index (κ1) is 13.6. The Morgan fingerprint density at radius 2 is 2.18 bits per heavy atom. The monoisotopic (exact) mass is 258 g/mol. The molecule has 1 rings (SSSR count). The topological polar surface area (TPSA) is 99.5 Å². The number of carbonyl (C=O) groups is 2. The molecule has 17 heavy (non-hydrogen) atoms. The van der Waals surface area contributed by atoms with Gasteiger partial charge in [-0.25, -0.2) is 9.78 Å². The lowest BCUT2D eigenvalue weighted by Crippen LogP contribution is -2.22. The molecule has 3 N–H and O–H groups in total. The number of aromatic nitrogens is 1. The van der Waals surface area contributed by atoms with Gasteiger partial charge in [-0.3, -0.25) is 4.79 Å². The van der Waals surface area contributed by atoms with Gasteiger partial charge in [0, 0.05) is 13.0 Å². The highest BCUT2D eigenvalue weighted by Crippen LogP contribution is 2.17. The van der Waals surface area contributed by atoms with Crippen molar-refractivity contribution in [1.29, 1.82) is 0 Å². The number of aryl methyl sites for hydroxylation is 1. The predicted octanol–water partition coefficient (Wildman–Crippen LogP) is 0.538. The van der Waals surface area contributed by atoms with E-state index in [1.54, 1.807) is 6.92 Å². The van der Waals surface area contributed by atoms with Gasteiger partial charge in [0.2, 0.25) is 5.91 Å². The van der Waals surface area contributed by atoms with E-state index in [4.69, 9.17) is 10.2 Å². The van der Waals surface area contributed by atoms with Gasteiger partial charge < -0.3 is 15.5 Å². The van der Waals surface area contributed by atoms with Crippen LogP contribution in [0.15, 0.2) is 0 Å². The van der Waals surface area contributed by atoms with Gasteiger partial charge in [0.25, 0.3) is 0 Å². The molecule has 1 amide bonds. The number of carboxylic acids is 1. The highest BCUT2D eigenvalue weighted by molar-refractivity contribution is 7.13. The highest BCUT2D eigenvalue weighted by atomic mass is 32.1. The number of aliphatic hydroxyl groups excluding tert-OH is 1. The maximum Gasteiger partial charge on any atom is 0.347 e. The summed E-state index contributed by atoms with van der Waals surface area (Å²) in [5, 5.41) is 20.6. The molecule has 94 valence electrons. The maximum atomic E-state index is 11.2. The molecule has 6 nitrogen and oxygen atoms in total. The summed E-state index contributed by atoms with van der Waals surface area (Å²) < 4.78 is 0. The third-order valence-electron chi connectivity index (χ3n) is 2.03. The van der Waals surface area contributed by atoms with Gasteiger partial charge in [0.15, 0.2) is 0 Å². The van der Waals surface area contributed by atoms with Gasteiger partial charge in [-0.2, -0.15) is 0 Å². The first-order chi connectivity index (χ1) is 8.04. The lowest BCUT2D eigenvalue weighted by atomic mass is 10.3. The number of nitrogens with zero attached hydrogens (tertiary/aromatic N) is 1. The molecule has 0 spiro atoms. The second-order valence-corrected chi connectivity index (χ2v) is 4.51. The number of aliphatic hydroxyl groups is 1. The summed E-state index contributed by atoms with van der Waals surface area (Å²) in [5.74, 6) is -1.18. The molecule has 0 aliphatic heterocycles. The molecule has 0 aromatic carbocycles. The van der Waals surface area contributed by atoms with Gasteiger partial charge in [0.1, 0.15) is 9.88 Å². The Morgan fingerprint density at radius 3 is 2.71 bits per heavy atom. The molecule has 0 saturated heterocycles. The molecule has 0 fully saturated rings. The van der Waals surface area contributed by atoms with E-state index in [1.165, 1.54) is 0 Å². The molecule has 0 saturated carbocycles. The largest absolute Gasteiger partial charge is 0.477 e. The van der Waals surface area contributed by atoms with Gasteiger partial charge in [-0.05, 0) is 13.3 Å². The average Bonchev–Trinajstić information content (AvgIpc) is 2.65. The fourth-order valence-corrected chi connectivity index (χ4v) is 2.07. The summed E-state index contributed by atoms with van der Waals surface area (Å²) in [6, 6.07) is 0. The number of carboxylic acid groups (broad SMARTS) is 1. The highest BCUT2D eigenvalue weighted by Gasteiger charge is 2.14. The lowest BCUT2D eigenvalue weighted by molar-refractivity contribution is -0.121. The van der Waals surface area contributed by atoms with Crippen LogP contribution in [0.2, 0.25) is 0 Å². The fraction of sp³-hybridized carbons (Fsp3) is 0.500. The Hall–Kier alpha value is -1.47. The van der Waals surface area contributed by atoms with E-state index in [0.29, 0.717) is 17.1 Å². The third-order valence-corrected chi connectivity index (χ3v) is 3.18. The van der Waals surface area contributed by atoms with Crippen LogP contribution < -0.4 is 5.32 Å². The summed E-state index contributed by atoms with van der Waals surface area (Å²) >= 11 is 1.06. The average molecular weight is 258 g/mol. The quantitative estimate of drug-likeness (QED) is 0.691. The van der Waals surface area contributed by atoms with E-state index >= 15 is 0 Å². The van der Waals surface area contributed by atoms with Crippen molar-refractivity contribution in [3.05, 3.63) is 15.6 Å². The van der Waals surface area contributed by atoms with Crippen LogP contribution in [-0.2, 0) is 11.3 Å². The van der Waals surface area contributed by atoms with Gasteiger partial charge in [-0.1, -0.05) is 0 Å². The zero-order chi connectivity index (χ0) is 12.8. The van der Waals surface area contributed by atoms with Crippen molar-refractivity contribution in [3.8, 4) is 0 Å². The zero-order valence-corrected chi connectivity index (χ0v) is 10.2. The van der Waals surface area contributed by atoms with E-state index in [-0.39, 0.29) is 30.4 Å². The van der Waals surface area contributed by atoms with Crippen LogP contribution in [0.4, 0.5) is 0 Å². The second kappa shape index (κ2) is 6.31. The van der Waals surface area contributed by atoms with Crippen LogP contribution >= 0.6 is 11.3 Å². The molecule has 0 unspecified atom stereocenters. The predicted molar refractivity (Wildman–Crippen MR) is 62.0 cm³/mol. The molecule has 0 atom stereocenters. The van der Waals surface area contributed by atoms with Crippen molar-refractivity contribution < 1.29 is 19.8 Å². The van der Waals surface area contributed by atoms with E-state index in [1.807, 2.05) is 0 Å². The molecule has 0 bridgehead atoms. The minimum absolute atomic E-state index is 0.0209. The second-order valence-electron chi connectivity index (χ2n) is 3.43. The zero-order valence-electron chi connectivity index (χ0n) is 9.39. The standard InChI is InChI=1S/C10H14N2O4S/c1-6-9(10(15)16)17-8(12-6)5-11-7(14)3-2-4-13/h13H,2-5H2,1H3,(H,11,14)(H,15,16). The lowest BCUT2D eigenvalue weighted by Gasteiger charge is -2.01. The molecule has 1 aromatic heterocycles. The van der Waals surface area contributed by atoms with Crippen molar-refractivity contribution in [3.63, 3.8) is 0 Å². The molecule has 1 heterocycles. The normalized spacial score (nSPS) is 10.2. The molecule has 7 heteroatoms. The van der Waals surface area contributed by atoms with Crippen molar-refractivity contribution >= 4 is 23.2 Å². The van der Waals surface area contributed by atoms with Crippen LogP contribution in [0.25, 0.3) is 0 Å². The smallest absolute Gasteiger partial charge is 0.347 e. The molecule has 0 aliphatic rings. The van der Waals surface area contributed by atoms with E-state index < -0.39 is 5.97 Å². The Morgan fingerprint density at radius 1 is 1.47 bits per heavy atom. The number of aromatic carboxylic acids is 1. The summed E-state index contributed by atoms with van der Waals surface area (Å²) in [5.41, 5.74) is 0.460. The third kappa shape index (κ3) is 4.12. The Bertz CT molecular complexity index is 416.